The molecule has 1 aromatic carbocycles. The molecule has 0 unspecified atom stereocenters. The van der Waals surface area contributed by atoms with Crippen LogP contribution in [0.15, 0.2) is 30.3 Å². The molecule has 2 fully saturated rings. The van der Waals surface area contributed by atoms with Crippen LogP contribution in [0.5, 0.6) is 0 Å². The fourth-order valence-corrected chi connectivity index (χ4v) is 2.53. The number of rotatable bonds is 2. The molecule has 2 aliphatic rings. The van der Waals surface area contributed by atoms with Crippen molar-refractivity contribution in [3.05, 3.63) is 35.9 Å². The van der Waals surface area contributed by atoms with E-state index >= 15 is 0 Å². The van der Waals surface area contributed by atoms with Gasteiger partial charge in [-0.1, -0.05) is 30.3 Å². The molecule has 2 atom stereocenters. The summed E-state index contributed by atoms with van der Waals surface area (Å²) in [6, 6.07) is 10.6. The first-order valence-corrected chi connectivity index (χ1v) is 6.05. The van der Waals surface area contributed by atoms with Crippen molar-refractivity contribution in [2.24, 2.45) is 0 Å². The minimum Gasteiger partial charge on any atom is -0.445 e. The Hall–Kier alpha value is -1.55. The monoisotopic (exact) mass is 232 g/mol. The molecule has 2 aliphatic heterocycles. The SMILES string of the molecule is O=C(OCc1ccccc1)N1C[C@H]2NCC[C@H]21. The fourth-order valence-electron chi connectivity index (χ4n) is 2.53. The van der Waals surface area contributed by atoms with Gasteiger partial charge in [0.25, 0.3) is 0 Å². The maximum Gasteiger partial charge on any atom is 0.410 e. The van der Waals surface area contributed by atoms with E-state index in [9.17, 15) is 4.79 Å². The van der Waals surface area contributed by atoms with Crippen molar-refractivity contribution in [1.29, 1.82) is 0 Å². The second-order valence-corrected chi connectivity index (χ2v) is 4.61. The number of benzene rings is 1. The largest absolute Gasteiger partial charge is 0.445 e. The first kappa shape index (κ1) is 10.6. The summed E-state index contributed by atoms with van der Waals surface area (Å²) in [7, 11) is 0. The van der Waals surface area contributed by atoms with E-state index < -0.39 is 0 Å². The molecule has 0 saturated carbocycles. The van der Waals surface area contributed by atoms with Gasteiger partial charge in [0.05, 0.1) is 6.04 Å². The lowest BCUT2D eigenvalue weighted by Gasteiger charge is -2.42. The van der Waals surface area contributed by atoms with Gasteiger partial charge in [-0.05, 0) is 18.5 Å². The highest BCUT2D eigenvalue weighted by Gasteiger charge is 2.45. The topological polar surface area (TPSA) is 41.6 Å². The molecule has 0 spiro atoms. The average molecular weight is 232 g/mol. The van der Waals surface area contributed by atoms with Crippen molar-refractivity contribution in [1.82, 2.24) is 10.2 Å². The van der Waals surface area contributed by atoms with Crippen molar-refractivity contribution in [2.45, 2.75) is 25.1 Å². The molecular weight excluding hydrogens is 216 g/mol. The molecule has 2 saturated heterocycles. The van der Waals surface area contributed by atoms with Gasteiger partial charge in [0.1, 0.15) is 6.61 Å². The van der Waals surface area contributed by atoms with E-state index in [1.54, 1.807) is 0 Å². The van der Waals surface area contributed by atoms with Crippen LogP contribution in [-0.2, 0) is 11.3 Å². The van der Waals surface area contributed by atoms with Gasteiger partial charge in [0, 0.05) is 12.6 Å². The number of ether oxygens (including phenoxy) is 1. The molecule has 4 heteroatoms. The summed E-state index contributed by atoms with van der Waals surface area (Å²) in [6.45, 7) is 2.16. The van der Waals surface area contributed by atoms with Gasteiger partial charge >= 0.3 is 6.09 Å². The van der Waals surface area contributed by atoms with Crippen LogP contribution in [0.25, 0.3) is 0 Å². The second kappa shape index (κ2) is 4.37. The van der Waals surface area contributed by atoms with E-state index in [2.05, 4.69) is 5.32 Å². The van der Waals surface area contributed by atoms with E-state index in [0.717, 1.165) is 25.1 Å². The molecule has 1 N–H and O–H groups in total. The number of hydrogen-bond acceptors (Lipinski definition) is 3. The number of fused-ring (bicyclic) bond motifs is 1. The molecular formula is C13H16N2O2. The van der Waals surface area contributed by atoms with E-state index in [1.165, 1.54) is 0 Å². The molecule has 17 heavy (non-hydrogen) atoms. The van der Waals surface area contributed by atoms with Crippen LogP contribution in [0.3, 0.4) is 0 Å². The average Bonchev–Trinajstić information content (AvgIpc) is 2.70. The summed E-state index contributed by atoms with van der Waals surface area (Å²) >= 11 is 0. The number of nitrogens with one attached hydrogen (secondary N) is 1. The summed E-state index contributed by atoms with van der Waals surface area (Å²) < 4.78 is 5.30. The van der Waals surface area contributed by atoms with Crippen LogP contribution in [0.1, 0.15) is 12.0 Å². The van der Waals surface area contributed by atoms with E-state index in [0.29, 0.717) is 18.7 Å². The molecule has 2 heterocycles. The van der Waals surface area contributed by atoms with Crippen molar-refractivity contribution in [2.75, 3.05) is 13.1 Å². The zero-order valence-electron chi connectivity index (χ0n) is 9.63. The van der Waals surface area contributed by atoms with Gasteiger partial charge in [0.15, 0.2) is 0 Å². The summed E-state index contributed by atoms with van der Waals surface area (Å²) in [5, 5.41) is 3.37. The minimum atomic E-state index is -0.182. The molecule has 0 radical (unpaired) electrons. The Bertz CT molecular complexity index is 407. The Labute approximate surface area is 101 Å². The van der Waals surface area contributed by atoms with Crippen molar-refractivity contribution >= 4 is 6.09 Å². The van der Waals surface area contributed by atoms with Gasteiger partial charge < -0.3 is 15.0 Å². The second-order valence-electron chi connectivity index (χ2n) is 4.61. The Morgan fingerprint density at radius 2 is 2.24 bits per heavy atom. The number of likely N-dealkylation sites (tertiary alicyclic amines) is 1. The Kier molecular flexibility index (Phi) is 2.73. The lowest BCUT2D eigenvalue weighted by atomic mass is 9.99. The lowest BCUT2D eigenvalue weighted by Crippen LogP contribution is -2.62. The molecule has 3 rings (SSSR count). The lowest BCUT2D eigenvalue weighted by molar-refractivity contribution is 0.0362. The zero-order chi connectivity index (χ0) is 11.7. The maximum atomic E-state index is 11.8. The normalized spacial score (nSPS) is 26.2. The Morgan fingerprint density at radius 3 is 3.00 bits per heavy atom. The summed E-state index contributed by atoms with van der Waals surface area (Å²) in [5.41, 5.74) is 1.03. The Balaban J connectivity index is 1.51. The van der Waals surface area contributed by atoms with E-state index in [1.807, 2.05) is 35.2 Å². The predicted octanol–water partition coefficient (Wildman–Crippen LogP) is 1.37. The molecule has 1 amide bonds. The third-order valence-corrected chi connectivity index (χ3v) is 3.54. The van der Waals surface area contributed by atoms with E-state index in [-0.39, 0.29) is 6.09 Å². The van der Waals surface area contributed by atoms with Gasteiger partial charge in [-0.25, -0.2) is 4.79 Å². The molecule has 90 valence electrons. The molecule has 0 aromatic heterocycles. The van der Waals surface area contributed by atoms with Crippen LogP contribution in [-0.4, -0.2) is 36.2 Å². The highest BCUT2D eigenvalue weighted by Crippen LogP contribution is 2.26. The molecule has 1 aromatic rings. The number of nitrogens with zero attached hydrogens (tertiary/aromatic N) is 1. The first-order chi connectivity index (χ1) is 8.34. The molecule has 0 aliphatic carbocycles. The zero-order valence-corrected chi connectivity index (χ0v) is 9.63. The Morgan fingerprint density at radius 1 is 1.41 bits per heavy atom. The maximum absolute atomic E-state index is 11.8. The number of carbonyl (C=O) groups excluding carboxylic acids is 1. The van der Waals surface area contributed by atoms with Gasteiger partial charge in [-0.2, -0.15) is 0 Å². The van der Waals surface area contributed by atoms with Crippen LogP contribution in [0.4, 0.5) is 4.79 Å². The van der Waals surface area contributed by atoms with Crippen LogP contribution < -0.4 is 5.32 Å². The van der Waals surface area contributed by atoms with Crippen LogP contribution in [0.2, 0.25) is 0 Å². The number of carbonyl (C=O) groups is 1. The van der Waals surface area contributed by atoms with Crippen molar-refractivity contribution in [3.8, 4) is 0 Å². The standard InChI is InChI=1S/C13H16N2O2/c16-13(15-8-11-12(15)6-7-14-11)17-9-10-4-2-1-3-5-10/h1-5,11-12,14H,6-9H2/t11-,12-/m1/s1. The van der Waals surface area contributed by atoms with Gasteiger partial charge in [0.2, 0.25) is 0 Å². The van der Waals surface area contributed by atoms with Crippen LogP contribution >= 0.6 is 0 Å². The van der Waals surface area contributed by atoms with Crippen LogP contribution in [0, 0.1) is 0 Å². The molecule has 4 nitrogen and oxygen atoms in total. The van der Waals surface area contributed by atoms with Gasteiger partial charge in [-0.3, -0.25) is 0 Å². The number of hydrogen-bond donors (Lipinski definition) is 1. The summed E-state index contributed by atoms with van der Waals surface area (Å²) in [4.78, 5) is 13.6. The quantitative estimate of drug-likeness (QED) is 0.837. The van der Waals surface area contributed by atoms with Gasteiger partial charge in [-0.15, -0.1) is 0 Å². The van der Waals surface area contributed by atoms with Crippen molar-refractivity contribution < 1.29 is 9.53 Å². The predicted molar refractivity (Wildman–Crippen MR) is 63.5 cm³/mol. The van der Waals surface area contributed by atoms with E-state index in [4.69, 9.17) is 4.74 Å². The highest BCUT2D eigenvalue weighted by molar-refractivity contribution is 5.69. The summed E-state index contributed by atoms with van der Waals surface area (Å²) in [6.07, 6.45) is 0.865. The highest BCUT2D eigenvalue weighted by atomic mass is 16.6. The molecule has 0 bridgehead atoms. The first-order valence-electron chi connectivity index (χ1n) is 6.05. The smallest absolute Gasteiger partial charge is 0.410 e. The van der Waals surface area contributed by atoms with Crippen molar-refractivity contribution in [3.63, 3.8) is 0 Å². The summed E-state index contributed by atoms with van der Waals surface area (Å²) in [5.74, 6) is 0. The number of amides is 1. The fraction of sp³-hybridized carbons (Fsp3) is 0.462. The third-order valence-electron chi connectivity index (χ3n) is 3.54. The third kappa shape index (κ3) is 2.00. The minimum absolute atomic E-state index is 0.182.